The minimum absolute atomic E-state index is 0.126. The van der Waals surface area contributed by atoms with Crippen LogP contribution in [0.25, 0.3) is 44.5 Å². The third-order valence-corrected chi connectivity index (χ3v) is 15.3. The predicted octanol–water partition coefficient (Wildman–Crippen LogP) is 14.0. The van der Waals surface area contributed by atoms with Gasteiger partial charge in [-0.1, -0.05) is 190 Å². The monoisotopic (exact) mass is 747 g/mol. The second-order valence-corrected chi connectivity index (χ2v) is 22.8. The Morgan fingerprint density at radius 2 is 0.825 bits per heavy atom. The van der Waals surface area contributed by atoms with Crippen molar-refractivity contribution in [1.29, 1.82) is 0 Å². The molecule has 0 saturated heterocycles. The van der Waals surface area contributed by atoms with Gasteiger partial charge in [-0.25, -0.2) is 0 Å². The lowest BCUT2D eigenvalue weighted by molar-refractivity contribution is 0.660. The Morgan fingerprint density at radius 3 is 1.39 bits per heavy atom. The summed E-state index contributed by atoms with van der Waals surface area (Å²) in [7, 11) is -1.39. The normalized spacial score (nSPS) is 14.7. The van der Waals surface area contributed by atoms with E-state index in [2.05, 4.69) is 220 Å². The summed E-state index contributed by atoms with van der Waals surface area (Å²) in [6.07, 6.45) is 0. The highest BCUT2D eigenvalue weighted by molar-refractivity contribution is 6.88. The molecule has 0 amide bonds. The van der Waals surface area contributed by atoms with E-state index in [0.717, 1.165) is 5.69 Å². The van der Waals surface area contributed by atoms with E-state index in [4.69, 9.17) is 0 Å². The van der Waals surface area contributed by atoms with Gasteiger partial charge >= 0.3 is 0 Å². The number of hydrogen-bond acceptors (Lipinski definition) is 1. The number of benzene rings is 8. The highest BCUT2D eigenvalue weighted by Gasteiger charge is 2.53. The Morgan fingerprint density at radius 1 is 0.386 bits per heavy atom. The summed E-state index contributed by atoms with van der Waals surface area (Å²) in [5, 5.41) is 1.48. The molecule has 11 rings (SSSR count). The van der Waals surface area contributed by atoms with Crippen molar-refractivity contribution < 1.29 is 0 Å². The highest BCUT2D eigenvalue weighted by Crippen LogP contribution is 2.65. The fourth-order valence-corrected chi connectivity index (χ4v) is 11.7. The number of fused-ring (bicyclic) bond motifs is 13. The smallest absolute Gasteiger partial charge is 0.0775 e. The predicted molar refractivity (Wildman–Crippen MR) is 243 cm³/mol. The van der Waals surface area contributed by atoms with Crippen LogP contribution >= 0.6 is 0 Å². The van der Waals surface area contributed by atoms with Crippen LogP contribution in [-0.4, -0.2) is 8.07 Å². The zero-order valence-corrected chi connectivity index (χ0v) is 34.3. The standard InChI is InChI=1S/C55H45NSi/c1-54(2)47-20-10-6-15-41(47)45-34-31-39(35-51(45)54)56(38-29-25-36(26-30-38)37-27-32-40(33-28-37)57(3,4)5)52-24-14-19-46-44-18-9-13-23-50(44)55(53(46)52)48-21-11-7-16-42(48)43-17-8-12-22-49(43)55/h6-35H,1-5H3. The van der Waals surface area contributed by atoms with Gasteiger partial charge in [0.1, 0.15) is 0 Å². The van der Waals surface area contributed by atoms with Gasteiger partial charge in [0.05, 0.1) is 19.2 Å². The lowest BCUT2D eigenvalue weighted by Gasteiger charge is -2.36. The van der Waals surface area contributed by atoms with E-state index in [0.29, 0.717) is 0 Å². The van der Waals surface area contributed by atoms with Gasteiger partial charge in [0.2, 0.25) is 0 Å². The van der Waals surface area contributed by atoms with Gasteiger partial charge in [-0.15, -0.1) is 0 Å². The van der Waals surface area contributed by atoms with Crippen molar-refractivity contribution in [3.8, 4) is 44.5 Å². The lowest BCUT2D eigenvalue weighted by Crippen LogP contribution is -2.37. The van der Waals surface area contributed by atoms with Crippen LogP contribution in [0.3, 0.4) is 0 Å². The molecule has 0 saturated carbocycles. The van der Waals surface area contributed by atoms with Crippen molar-refractivity contribution in [1.82, 2.24) is 0 Å². The molecular weight excluding hydrogens is 703 g/mol. The molecule has 0 radical (unpaired) electrons. The van der Waals surface area contributed by atoms with E-state index in [-0.39, 0.29) is 5.41 Å². The SMILES string of the molecule is CC1(C)c2ccccc2-c2ccc(N(c3ccc(-c4ccc([Si](C)(C)C)cc4)cc3)c3cccc4c3C3(c5ccccc5-c5ccccc53)c3ccccc3-4)cc21. The fourth-order valence-electron chi connectivity index (χ4n) is 10.5. The van der Waals surface area contributed by atoms with Gasteiger partial charge in [0, 0.05) is 22.4 Å². The van der Waals surface area contributed by atoms with Gasteiger partial charge in [0.25, 0.3) is 0 Å². The molecule has 0 N–H and O–H groups in total. The maximum Gasteiger partial charge on any atom is 0.0775 e. The van der Waals surface area contributed by atoms with Crippen molar-refractivity contribution in [2.45, 2.75) is 44.3 Å². The molecule has 0 unspecified atom stereocenters. The van der Waals surface area contributed by atoms with Gasteiger partial charge in [0.15, 0.2) is 0 Å². The van der Waals surface area contributed by atoms with E-state index >= 15 is 0 Å². The van der Waals surface area contributed by atoms with Crippen molar-refractivity contribution in [3.63, 3.8) is 0 Å². The molecule has 3 aliphatic rings. The zero-order valence-electron chi connectivity index (χ0n) is 33.3. The maximum absolute atomic E-state index is 2.55. The molecule has 0 aromatic heterocycles. The van der Waals surface area contributed by atoms with Crippen LogP contribution in [-0.2, 0) is 10.8 Å². The van der Waals surface area contributed by atoms with Crippen molar-refractivity contribution in [3.05, 3.63) is 215 Å². The van der Waals surface area contributed by atoms with Crippen molar-refractivity contribution >= 4 is 30.3 Å². The van der Waals surface area contributed by atoms with E-state index in [9.17, 15) is 0 Å². The molecule has 0 aliphatic heterocycles. The van der Waals surface area contributed by atoms with E-state index < -0.39 is 13.5 Å². The topological polar surface area (TPSA) is 3.24 Å². The summed E-state index contributed by atoms with van der Waals surface area (Å²) in [5.41, 5.74) is 21.5. The second-order valence-electron chi connectivity index (χ2n) is 17.7. The highest BCUT2D eigenvalue weighted by atomic mass is 28.3. The molecule has 0 fully saturated rings. The van der Waals surface area contributed by atoms with Crippen LogP contribution in [0.15, 0.2) is 182 Å². The Labute approximate surface area is 338 Å². The molecule has 2 heteroatoms. The Bertz CT molecular complexity index is 2840. The van der Waals surface area contributed by atoms with Crippen LogP contribution in [0.5, 0.6) is 0 Å². The average Bonchev–Trinajstić information content (AvgIpc) is 3.80. The van der Waals surface area contributed by atoms with E-state index in [1.807, 2.05) is 0 Å². The molecule has 8 aromatic carbocycles. The lowest BCUT2D eigenvalue weighted by atomic mass is 9.70. The Kier molecular flexibility index (Phi) is 7.25. The maximum atomic E-state index is 2.55. The number of nitrogens with zero attached hydrogens (tertiary/aromatic N) is 1. The Balaban J connectivity index is 1.17. The van der Waals surface area contributed by atoms with Crippen molar-refractivity contribution in [2.75, 3.05) is 4.90 Å². The molecule has 0 bridgehead atoms. The first-order valence-corrected chi connectivity index (χ1v) is 23.9. The molecular formula is C55H45NSi. The molecule has 8 aromatic rings. The fraction of sp³-hybridized carbons (Fsp3) is 0.127. The third-order valence-electron chi connectivity index (χ3n) is 13.3. The van der Waals surface area contributed by atoms with Gasteiger partial charge in [-0.05, 0) is 103 Å². The van der Waals surface area contributed by atoms with Crippen molar-refractivity contribution in [2.24, 2.45) is 0 Å². The first kappa shape index (κ1) is 34.1. The minimum atomic E-state index is -1.39. The molecule has 1 nitrogen and oxygen atoms in total. The molecule has 274 valence electrons. The van der Waals surface area contributed by atoms with Crippen LogP contribution in [0.1, 0.15) is 47.2 Å². The molecule has 0 atom stereocenters. The summed E-state index contributed by atoms with van der Waals surface area (Å²) in [6.45, 7) is 12.0. The zero-order chi connectivity index (χ0) is 38.7. The first-order valence-electron chi connectivity index (χ1n) is 20.4. The summed E-state index contributed by atoms with van der Waals surface area (Å²) in [6, 6.07) is 69.1. The van der Waals surface area contributed by atoms with Gasteiger partial charge in [-0.2, -0.15) is 0 Å². The van der Waals surface area contributed by atoms with E-state index in [1.165, 1.54) is 94.4 Å². The third kappa shape index (κ3) is 4.74. The van der Waals surface area contributed by atoms with Gasteiger partial charge in [-0.3, -0.25) is 0 Å². The number of rotatable bonds is 5. The summed E-state index contributed by atoms with van der Waals surface area (Å²) in [4.78, 5) is 2.55. The number of hydrogen-bond donors (Lipinski definition) is 0. The molecule has 1 spiro atoms. The average molecular weight is 748 g/mol. The summed E-state index contributed by atoms with van der Waals surface area (Å²) < 4.78 is 0. The molecule has 3 aliphatic carbocycles. The van der Waals surface area contributed by atoms with Gasteiger partial charge < -0.3 is 4.90 Å². The second kappa shape index (κ2) is 12.1. The first-order chi connectivity index (χ1) is 27.7. The summed E-state index contributed by atoms with van der Waals surface area (Å²) in [5.74, 6) is 0. The van der Waals surface area contributed by atoms with E-state index in [1.54, 1.807) is 0 Å². The largest absolute Gasteiger partial charge is 0.310 e. The van der Waals surface area contributed by atoms with Crippen LogP contribution < -0.4 is 10.1 Å². The molecule has 0 heterocycles. The summed E-state index contributed by atoms with van der Waals surface area (Å²) >= 11 is 0. The minimum Gasteiger partial charge on any atom is -0.310 e. The Hall–Kier alpha value is -6.22. The molecule has 57 heavy (non-hydrogen) atoms. The van der Waals surface area contributed by atoms with Crippen LogP contribution in [0, 0.1) is 0 Å². The van der Waals surface area contributed by atoms with Crippen LogP contribution in [0.4, 0.5) is 17.1 Å². The van der Waals surface area contributed by atoms with Crippen LogP contribution in [0.2, 0.25) is 19.6 Å². The number of anilines is 3. The quantitative estimate of drug-likeness (QED) is 0.159.